The van der Waals surface area contributed by atoms with Crippen molar-refractivity contribution in [3.63, 3.8) is 0 Å². The third-order valence-electron chi connectivity index (χ3n) is 6.46. The molecule has 1 aliphatic heterocycles. The number of nitrogens with one attached hydrogen (secondary N) is 2. The number of aliphatic imine (C=N–C) groups is 1. The number of likely N-dealkylation sites (tertiary alicyclic amines) is 1. The van der Waals surface area contributed by atoms with Crippen LogP contribution in [0.3, 0.4) is 0 Å². The number of amides is 1. The first-order valence-corrected chi connectivity index (χ1v) is 11.3. The van der Waals surface area contributed by atoms with Crippen molar-refractivity contribution in [1.82, 2.24) is 15.5 Å². The van der Waals surface area contributed by atoms with E-state index in [1.807, 2.05) is 7.05 Å². The Balaban J connectivity index is 1.60. The number of guanidine groups is 1. The number of hydrogen-bond acceptors (Lipinski definition) is 2. The number of piperidine rings is 1. The molecule has 0 spiro atoms. The van der Waals surface area contributed by atoms with E-state index in [9.17, 15) is 4.79 Å². The quantitative estimate of drug-likeness (QED) is 0.533. The summed E-state index contributed by atoms with van der Waals surface area (Å²) in [6.45, 7) is 2.85. The Kier molecular flexibility index (Phi) is 7.38. The molecule has 2 fully saturated rings. The summed E-state index contributed by atoms with van der Waals surface area (Å²) < 4.78 is 1.15. The molecule has 1 saturated heterocycles. The molecule has 3 rings (SSSR count). The summed E-state index contributed by atoms with van der Waals surface area (Å²) in [5, 5.41) is 6.43. The van der Waals surface area contributed by atoms with Gasteiger partial charge in [-0.15, -0.1) is 0 Å². The van der Waals surface area contributed by atoms with Crippen LogP contribution in [0.5, 0.6) is 0 Å². The van der Waals surface area contributed by atoms with Gasteiger partial charge in [0, 0.05) is 50.0 Å². The normalized spacial score (nSPS) is 20.2. The summed E-state index contributed by atoms with van der Waals surface area (Å²) in [4.78, 5) is 18.5. The summed E-state index contributed by atoms with van der Waals surface area (Å²) in [6, 6.07) is 8.79. The monoisotopic (exact) mass is 448 g/mol. The summed E-state index contributed by atoms with van der Waals surface area (Å²) in [5.74, 6) is 1.63. The summed E-state index contributed by atoms with van der Waals surface area (Å²) in [5.41, 5.74) is 1.61. The first kappa shape index (κ1) is 21.2. The Morgan fingerprint density at radius 2 is 2.00 bits per heavy atom. The summed E-state index contributed by atoms with van der Waals surface area (Å²) in [7, 11) is 3.59. The second-order valence-electron chi connectivity index (χ2n) is 8.21. The van der Waals surface area contributed by atoms with Gasteiger partial charge in [0.05, 0.1) is 0 Å². The van der Waals surface area contributed by atoms with Crippen molar-refractivity contribution in [2.24, 2.45) is 10.9 Å². The van der Waals surface area contributed by atoms with Gasteiger partial charge in [-0.05, 0) is 49.3 Å². The number of nitrogens with zero attached hydrogens (tertiary/aromatic N) is 2. The number of rotatable bonds is 5. The van der Waals surface area contributed by atoms with Crippen LogP contribution in [0.15, 0.2) is 33.7 Å². The molecule has 1 amide bonds. The fourth-order valence-corrected chi connectivity index (χ4v) is 5.13. The standard InChI is InChI=1S/C22H33BrN4O/c1-24-20(28)14-17-8-12-27(13-9-17)21(25-2)26-16-22(10-3-4-11-22)18-6-5-7-19(23)15-18/h5-7,15,17H,3-4,8-14,16H2,1-2H3,(H,24,28)(H,25,26). The molecular formula is C22H33BrN4O. The van der Waals surface area contributed by atoms with Crippen molar-refractivity contribution >= 4 is 27.8 Å². The molecule has 0 bridgehead atoms. The lowest BCUT2D eigenvalue weighted by Crippen LogP contribution is -2.49. The highest BCUT2D eigenvalue weighted by molar-refractivity contribution is 9.10. The number of carbonyl (C=O) groups excluding carboxylic acids is 1. The lowest BCUT2D eigenvalue weighted by atomic mass is 9.79. The predicted molar refractivity (Wildman–Crippen MR) is 119 cm³/mol. The fourth-order valence-electron chi connectivity index (χ4n) is 4.73. The van der Waals surface area contributed by atoms with E-state index < -0.39 is 0 Å². The molecule has 1 aromatic rings. The maximum Gasteiger partial charge on any atom is 0.220 e. The highest BCUT2D eigenvalue weighted by Crippen LogP contribution is 2.41. The molecule has 5 nitrogen and oxygen atoms in total. The van der Waals surface area contributed by atoms with Crippen molar-refractivity contribution in [3.05, 3.63) is 34.3 Å². The molecule has 1 aliphatic carbocycles. The summed E-state index contributed by atoms with van der Waals surface area (Å²) in [6.07, 6.45) is 7.76. The van der Waals surface area contributed by atoms with Crippen LogP contribution in [-0.4, -0.2) is 50.5 Å². The van der Waals surface area contributed by atoms with Crippen LogP contribution < -0.4 is 10.6 Å². The van der Waals surface area contributed by atoms with E-state index >= 15 is 0 Å². The minimum atomic E-state index is 0.151. The molecule has 2 aliphatic rings. The fraction of sp³-hybridized carbons (Fsp3) is 0.636. The minimum absolute atomic E-state index is 0.151. The van der Waals surface area contributed by atoms with E-state index in [0.29, 0.717) is 12.3 Å². The van der Waals surface area contributed by atoms with Crippen molar-refractivity contribution in [3.8, 4) is 0 Å². The zero-order valence-electron chi connectivity index (χ0n) is 17.1. The van der Waals surface area contributed by atoms with Gasteiger partial charge in [-0.2, -0.15) is 0 Å². The molecule has 0 atom stereocenters. The van der Waals surface area contributed by atoms with Crippen LogP contribution in [-0.2, 0) is 10.2 Å². The van der Waals surface area contributed by atoms with Crippen molar-refractivity contribution in [2.45, 2.75) is 50.4 Å². The topological polar surface area (TPSA) is 56.7 Å². The van der Waals surface area contributed by atoms with Crippen LogP contribution in [0.1, 0.15) is 50.5 Å². The predicted octanol–water partition coefficient (Wildman–Crippen LogP) is 3.68. The van der Waals surface area contributed by atoms with Crippen LogP contribution in [0.2, 0.25) is 0 Å². The third-order valence-corrected chi connectivity index (χ3v) is 6.95. The molecule has 6 heteroatoms. The number of benzene rings is 1. The van der Waals surface area contributed by atoms with Crippen molar-refractivity contribution in [1.29, 1.82) is 0 Å². The first-order valence-electron chi connectivity index (χ1n) is 10.5. The van der Waals surface area contributed by atoms with Gasteiger partial charge in [0.2, 0.25) is 5.91 Å². The first-order chi connectivity index (χ1) is 13.6. The number of carbonyl (C=O) groups is 1. The van der Waals surface area contributed by atoms with E-state index in [4.69, 9.17) is 0 Å². The molecule has 2 N–H and O–H groups in total. The Hall–Kier alpha value is -1.56. The molecule has 154 valence electrons. The van der Waals surface area contributed by atoms with Gasteiger partial charge in [0.25, 0.3) is 0 Å². The van der Waals surface area contributed by atoms with Crippen molar-refractivity contribution < 1.29 is 4.79 Å². The van der Waals surface area contributed by atoms with Gasteiger partial charge >= 0.3 is 0 Å². The number of hydrogen-bond donors (Lipinski definition) is 2. The second-order valence-corrected chi connectivity index (χ2v) is 9.12. The highest BCUT2D eigenvalue weighted by Gasteiger charge is 2.36. The maximum atomic E-state index is 11.6. The largest absolute Gasteiger partial charge is 0.359 e. The van der Waals surface area contributed by atoms with E-state index in [-0.39, 0.29) is 11.3 Å². The van der Waals surface area contributed by atoms with Crippen LogP contribution in [0.25, 0.3) is 0 Å². The number of halogens is 1. The molecule has 0 unspecified atom stereocenters. The van der Waals surface area contributed by atoms with Crippen LogP contribution in [0.4, 0.5) is 0 Å². The third kappa shape index (κ3) is 5.07. The summed E-state index contributed by atoms with van der Waals surface area (Å²) >= 11 is 3.64. The van der Waals surface area contributed by atoms with Gasteiger partial charge in [0.15, 0.2) is 5.96 Å². The van der Waals surface area contributed by atoms with E-state index in [0.717, 1.165) is 42.9 Å². The van der Waals surface area contributed by atoms with Gasteiger partial charge in [0.1, 0.15) is 0 Å². The van der Waals surface area contributed by atoms with Gasteiger partial charge < -0.3 is 15.5 Å². The second kappa shape index (κ2) is 9.77. The molecule has 28 heavy (non-hydrogen) atoms. The Morgan fingerprint density at radius 1 is 1.29 bits per heavy atom. The minimum Gasteiger partial charge on any atom is -0.359 e. The van der Waals surface area contributed by atoms with E-state index in [1.54, 1.807) is 7.05 Å². The Morgan fingerprint density at radius 3 is 2.61 bits per heavy atom. The molecular weight excluding hydrogens is 416 g/mol. The van der Waals surface area contributed by atoms with Crippen LogP contribution in [0, 0.1) is 5.92 Å². The highest BCUT2D eigenvalue weighted by atomic mass is 79.9. The van der Waals surface area contributed by atoms with E-state index in [1.165, 1.54) is 31.2 Å². The maximum absolute atomic E-state index is 11.6. The van der Waals surface area contributed by atoms with Gasteiger partial charge in [-0.25, -0.2) is 0 Å². The van der Waals surface area contributed by atoms with Gasteiger partial charge in [-0.3, -0.25) is 9.79 Å². The zero-order chi connectivity index (χ0) is 20.0. The van der Waals surface area contributed by atoms with Crippen molar-refractivity contribution in [2.75, 3.05) is 33.7 Å². The van der Waals surface area contributed by atoms with E-state index in [2.05, 4.69) is 60.7 Å². The van der Waals surface area contributed by atoms with Crippen LogP contribution >= 0.6 is 15.9 Å². The molecule has 1 saturated carbocycles. The smallest absolute Gasteiger partial charge is 0.220 e. The zero-order valence-corrected chi connectivity index (χ0v) is 18.7. The van der Waals surface area contributed by atoms with Gasteiger partial charge in [-0.1, -0.05) is 40.9 Å². The average Bonchev–Trinajstić information content (AvgIpc) is 3.20. The Bertz CT molecular complexity index is 692. The molecule has 0 aromatic heterocycles. The lowest BCUT2D eigenvalue weighted by Gasteiger charge is -2.36. The average molecular weight is 449 g/mol. The Labute approximate surface area is 177 Å². The lowest BCUT2D eigenvalue weighted by molar-refractivity contribution is -0.121. The molecule has 0 radical (unpaired) electrons. The molecule has 1 aromatic carbocycles. The molecule has 1 heterocycles. The SMILES string of the molecule is CN=C(NCC1(c2cccc(Br)c2)CCCC1)N1CCC(CC(=O)NC)CC1.